The Morgan fingerprint density at radius 3 is 2.95 bits per heavy atom. The number of carbonyl (C=O) groups is 2. The maximum atomic E-state index is 12.9. The van der Waals surface area contributed by atoms with E-state index in [2.05, 4.69) is 26.2 Å². The Labute approximate surface area is 133 Å². The molecule has 5 heteroatoms. The molecule has 1 heterocycles. The van der Waals surface area contributed by atoms with Crippen LogP contribution in [0.4, 0.5) is 5.69 Å². The summed E-state index contributed by atoms with van der Waals surface area (Å²) in [4.78, 5) is 25.0. The first-order valence-electron chi connectivity index (χ1n) is 7.88. The van der Waals surface area contributed by atoms with Gasteiger partial charge in [-0.15, -0.1) is 0 Å². The van der Waals surface area contributed by atoms with E-state index < -0.39 is 11.3 Å². The van der Waals surface area contributed by atoms with Gasteiger partial charge in [0.15, 0.2) is 5.78 Å². The van der Waals surface area contributed by atoms with Gasteiger partial charge in [0.1, 0.15) is 5.92 Å². The normalized spacial score (nSPS) is 27.6. The molecule has 0 amide bonds. The largest absolute Gasteiger partial charge is 0.465 e. The monoisotopic (exact) mass is 319 g/mol. The molecule has 1 aromatic carbocycles. The Balaban J connectivity index is 1.89. The van der Waals surface area contributed by atoms with Gasteiger partial charge in [0.25, 0.3) is 0 Å². The Morgan fingerprint density at radius 2 is 2.18 bits per heavy atom. The molecule has 1 spiro atoms. The van der Waals surface area contributed by atoms with Crippen molar-refractivity contribution in [3.05, 3.63) is 29.8 Å². The molecular weight excluding hydrogens is 297 g/mol. The Bertz CT molecular complexity index is 603. The molecular formula is C17H22NO3P. The van der Waals surface area contributed by atoms with Crippen LogP contribution in [0.1, 0.15) is 31.7 Å². The van der Waals surface area contributed by atoms with Crippen molar-refractivity contribution in [2.75, 3.05) is 17.8 Å². The first-order chi connectivity index (χ1) is 10.6. The number of hydrogen-bond donors (Lipinski definition) is 0. The van der Waals surface area contributed by atoms with E-state index in [1.54, 1.807) is 6.92 Å². The van der Waals surface area contributed by atoms with E-state index in [4.69, 9.17) is 4.74 Å². The van der Waals surface area contributed by atoms with Gasteiger partial charge in [0.2, 0.25) is 0 Å². The van der Waals surface area contributed by atoms with Crippen LogP contribution in [-0.2, 0) is 20.7 Å². The van der Waals surface area contributed by atoms with Gasteiger partial charge in [-0.1, -0.05) is 18.2 Å². The number of fused-ring (bicyclic) bond motifs is 1. The average Bonchev–Trinajstić information content (AvgIpc) is 2.74. The van der Waals surface area contributed by atoms with E-state index in [9.17, 15) is 9.59 Å². The Hall–Kier alpha value is -1.41. The molecule has 0 aromatic heterocycles. The number of anilines is 1. The van der Waals surface area contributed by atoms with Crippen LogP contribution in [0.3, 0.4) is 0 Å². The first-order valence-corrected chi connectivity index (χ1v) is 8.40. The molecule has 0 saturated heterocycles. The van der Waals surface area contributed by atoms with Gasteiger partial charge < -0.3 is 9.41 Å². The minimum Gasteiger partial charge on any atom is -0.465 e. The Morgan fingerprint density at radius 1 is 1.41 bits per heavy atom. The van der Waals surface area contributed by atoms with E-state index in [0.717, 1.165) is 31.5 Å². The number of Topliss-reactive ketones (excluding diaryl/α,β-unsaturated/α-hetero) is 1. The molecule has 3 unspecified atom stereocenters. The summed E-state index contributed by atoms with van der Waals surface area (Å²) in [6, 6.07) is 8.21. The second-order valence-electron chi connectivity index (χ2n) is 6.24. The lowest BCUT2D eigenvalue weighted by molar-refractivity contribution is -0.151. The van der Waals surface area contributed by atoms with Crippen LogP contribution < -0.4 is 4.67 Å². The van der Waals surface area contributed by atoms with Crippen molar-refractivity contribution in [3.8, 4) is 0 Å². The summed E-state index contributed by atoms with van der Waals surface area (Å²) in [7, 11) is 2.74. The van der Waals surface area contributed by atoms with Gasteiger partial charge in [-0.2, -0.15) is 0 Å². The summed E-state index contributed by atoms with van der Waals surface area (Å²) in [6.45, 7) is 2.92. The quantitative estimate of drug-likeness (QED) is 0.478. The lowest BCUT2D eigenvalue weighted by atomic mass is 9.76. The highest BCUT2D eigenvalue weighted by molar-refractivity contribution is 7.19. The molecule has 0 N–H and O–H groups in total. The van der Waals surface area contributed by atoms with Crippen LogP contribution >= 0.6 is 9.39 Å². The number of benzene rings is 1. The molecule has 0 radical (unpaired) electrons. The van der Waals surface area contributed by atoms with Crippen LogP contribution in [0, 0.1) is 11.3 Å². The van der Waals surface area contributed by atoms with Crippen molar-refractivity contribution < 1.29 is 14.3 Å². The second kappa shape index (κ2) is 6.00. The lowest BCUT2D eigenvalue weighted by Crippen LogP contribution is -2.35. The summed E-state index contributed by atoms with van der Waals surface area (Å²) < 4.78 is 7.21. The highest BCUT2D eigenvalue weighted by atomic mass is 31.0. The number of hydrogen-bond acceptors (Lipinski definition) is 4. The van der Waals surface area contributed by atoms with Crippen molar-refractivity contribution >= 4 is 26.8 Å². The van der Waals surface area contributed by atoms with E-state index in [1.807, 2.05) is 12.1 Å². The molecule has 1 saturated carbocycles. The van der Waals surface area contributed by atoms with Crippen molar-refractivity contribution in [2.45, 2.75) is 32.6 Å². The number of nitrogens with zero attached hydrogens (tertiary/aromatic N) is 1. The molecule has 22 heavy (non-hydrogen) atoms. The topological polar surface area (TPSA) is 46.6 Å². The van der Waals surface area contributed by atoms with Gasteiger partial charge in [-0.25, -0.2) is 0 Å². The van der Waals surface area contributed by atoms with Crippen molar-refractivity contribution in [2.24, 2.45) is 11.3 Å². The standard InChI is InChI=1S/C17H22NO3P/c1-2-21-16(20)13-7-8-17(15(13)19)9-10-18(22)14-6-4-3-5-12(14)11-17/h3-6,13H,2,7-11,22H2,1H3. The predicted octanol–water partition coefficient (Wildman–Crippen LogP) is 2.76. The average molecular weight is 319 g/mol. The first kappa shape index (κ1) is 15.5. The van der Waals surface area contributed by atoms with Crippen LogP contribution in [0.5, 0.6) is 0 Å². The van der Waals surface area contributed by atoms with Crippen molar-refractivity contribution in [3.63, 3.8) is 0 Å². The van der Waals surface area contributed by atoms with Crippen LogP contribution in [0.2, 0.25) is 0 Å². The Kier molecular flexibility index (Phi) is 4.22. The highest BCUT2D eigenvalue weighted by Gasteiger charge is 2.51. The fourth-order valence-electron chi connectivity index (χ4n) is 3.78. The van der Waals surface area contributed by atoms with Crippen LogP contribution in [0.25, 0.3) is 0 Å². The fraction of sp³-hybridized carbons (Fsp3) is 0.529. The molecule has 1 aliphatic carbocycles. The van der Waals surface area contributed by atoms with E-state index in [0.29, 0.717) is 13.0 Å². The zero-order chi connectivity index (χ0) is 15.7. The van der Waals surface area contributed by atoms with Crippen LogP contribution in [-0.4, -0.2) is 24.9 Å². The number of esters is 1. The van der Waals surface area contributed by atoms with E-state index >= 15 is 0 Å². The van der Waals surface area contributed by atoms with Gasteiger partial charge in [-0.05, 0) is 53.6 Å². The molecule has 1 aliphatic heterocycles. The molecule has 4 nitrogen and oxygen atoms in total. The zero-order valence-corrected chi connectivity index (χ0v) is 14.0. The van der Waals surface area contributed by atoms with Gasteiger partial charge in [0.05, 0.1) is 6.61 Å². The third kappa shape index (κ3) is 2.54. The summed E-state index contributed by atoms with van der Waals surface area (Å²) in [5, 5.41) is 0. The third-order valence-electron chi connectivity index (χ3n) is 4.98. The molecule has 1 fully saturated rings. The molecule has 0 bridgehead atoms. The minimum atomic E-state index is -0.567. The molecule has 3 atom stereocenters. The van der Waals surface area contributed by atoms with Gasteiger partial charge >= 0.3 is 5.97 Å². The van der Waals surface area contributed by atoms with Crippen molar-refractivity contribution in [1.29, 1.82) is 0 Å². The number of para-hydroxylation sites is 1. The van der Waals surface area contributed by atoms with E-state index in [-0.39, 0.29) is 11.8 Å². The molecule has 118 valence electrons. The van der Waals surface area contributed by atoms with Crippen LogP contribution in [0.15, 0.2) is 24.3 Å². The smallest absolute Gasteiger partial charge is 0.316 e. The van der Waals surface area contributed by atoms with Crippen molar-refractivity contribution in [1.82, 2.24) is 0 Å². The summed E-state index contributed by atoms with van der Waals surface area (Å²) in [6.07, 6.45) is 2.92. The maximum Gasteiger partial charge on any atom is 0.316 e. The lowest BCUT2D eigenvalue weighted by Gasteiger charge is -2.26. The maximum absolute atomic E-state index is 12.9. The van der Waals surface area contributed by atoms with E-state index in [1.165, 1.54) is 5.56 Å². The highest BCUT2D eigenvalue weighted by Crippen LogP contribution is 2.47. The summed E-state index contributed by atoms with van der Waals surface area (Å²) in [5.74, 6) is -0.825. The number of ketones is 1. The number of carbonyl (C=O) groups excluding carboxylic acids is 2. The van der Waals surface area contributed by atoms with Gasteiger partial charge in [0, 0.05) is 17.6 Å². The summed E-state index contributed by atoms with van der Waals surface area (Å²) >= 11 is 0. The minimum absolute atomic E-state index is 0.0843. The fourth-order valence-corrected chi connectivity index (χ4v) is 4.17. The number of rotatable bonds is 2. The van der Waals surface area contributed by atoms with Gasteiger partial charge in [-0.3, -0.25) is 9.59 Å². The third-order valence-corrected chi connectivity index (χ3v) is 5.52. The number of ether oxygens (including phenoxy) is 1. The molecule has 2 aliphatic rings. The molecule has 1 aromatic rings. The second-order valence-corrected chi connectivity index (χ2v) is 6.86. The predicted molar refractivity (Wildman–Crippen MR) is 88.6 cm³/mol. The zero-order valence-electron chi connectivity index (χ0n) is 12.9. The SMILES string of the molecule is CCOC(=O)C1CCC2(CCN(P)c3ccccc3C2)C1=O. The summed E-state index contributed by atoms with van der Waals surface area (Å²) in [5.41, 5.74) is 1.95. The molecule has 3 rings (SSSR count).